The van der Waals surface area contributed by atoms with Gasteiger partial charge in [-0.1, -0.05) is 55.3 Å². The van der Waals surface area contributed by atoms with Crippen molar-refractivity contribution in [3.8, 4) is 0 Å². The van der Waals surface area contributed by atoms with Crippen LogP contribution in [0.25, 0.3) is 0 Å². The standard InChI is InChI=1S/C15H21NO2S/c1-12(2)15-8-9-16(10-15)19(17,18)11-14-6-4-13(3)5-7-14/h4-8,12H,9-11H2,1-3H3. The lowest BCUT2D eigenvalue weighted by atomic mass is 10.1. The van der Waals surface area contributed by atoms with Gasteiger partial charge in [-0.3, -0.25) is 0 Å². The van der Waals surface area contributed by atoms with Crippen molar-refractivity contribution >= 4 is 10.0 Å². The summed E-state index contributed by atoms with van der Waals surface area (Å²) in [6, 6.07) is 7.68. The van der Waals surface area contributed by atoms with Gasteiger partial charge < -0.3 is 0 Å². The molecule has 0 radical (unpaired) electrons. The number of sulfonamides is 1. The van der Waals surface area contributed by atoms with Gasteiger partial charge in [0.25, 0.3) is 0 Å². The van der Waals surface area contributed by atoms with Crippen LogP contribution in [0.3, 0.4) is 0 Å². The molecule has 0 fully saturated rings. The summed E-state index contributed by atoms with van der Waals surface area (Å²) in [7, 11) is -3.21. The molecule has 19 heavy (non-hydrogen) atoms. The van der Waals surface area contributed by atoms with Gasteiger partial charge in [-0.2, -0.15) is 4.31 Å². The Morgan fingerprint density at radius 2 is 1.84 bits per heavy atom. The van der Waals surface area contributed by atoms with Crippen LogP contribution in [0.1, 0.15) is 25.0 Å². The van der Waals surface area contributed by atoms with Crippen molar-refractivity contribution < 1.29 is 8.42 Å². The van der Waals surface area contributed by atoms with Gasteiger partial charge in [0.2, 0.25) is 10.0 Å². The normalized spacial score (nSPS) is 16.9. The van der Waals surface area contributed by atoms with Gasteiger partial charge in [0, 0.05) is 13.1 Å². The fourth-order valence-corrected chi connectivity index (χ4v) is 3.61. The average Bonchev–Trinajstić information content (AvgIpc) is 2.82. The van der Waals surface area contributed by atoms with Crippen LogP contribution in [-0.4, -0.2) is 25.8 Å². The molecule has 0 aromatic heterocycles. The lowest BCUT2D eigenvalue weighted by Gasteiger charge is -2.17. The summed E-state index contributed by atoms with van der Waals surface area (Å²) in [5.41, 5.74) is 3.21. The zero-order valence-electron chi connectivity index (χ0n) is 11.8. The van der Waals surface area contributed by atoms with Gasteiger partial charge in [-0.25, -0.2) is 8.42 Å². The molecular formula is C15H21NO2S. The van der Waals surface area contributed by atoms with Crippen molar-refractivity contribution in [1.29, 1.82) is 0 Å². The van der Waals surface area contributed by atoms with E-state index in [1.54, 1.807) is 4.31 Å². The highest BCUT2D eigenvalue weighted by atomic mass is 32.2. The molecule has 0 amide bonds. The van der Waals surface area contributed by atoms with Gasteiger partial charge >= 0.3 is 0 Å². The van der Waals surface area contributed by atoms with Crippen molar-refractivity contribution in [3.63, 3.8) is 0 Å². The molecule has 104 valence electrons. The van der Waals surface area contributed by atoms with E-state index in [0.29, 0.717) is 19.0 Å². The van der Waals surface area contributed by atoms with Gasteiger partial charge in [0.1, 0.15) is 0 Å². The summed E-state index contributed by atoms with van der Waals surface area (Å²) in [6.45, 7) is 7.26. The second kappa shape index (κ2) is 5.47. The fourth-order valence-electron chi connectivity index (χ4n) is 2.17. The SMILES string of the molecule is Cc1ccc(CS(=O)(=O)N2CC=C(C(C)C)C2)cc1. The van der Waals surface area contributed by atoms with Crippen LogP contribution in [-0.2, 0) is 15.8 Å². The molecule has 3 nitrogen and oxygen atoms in total. The predicted octanol–water partition coefficient (Wildman–Crippen LogP) is 2.72. The van der Waals surface area contributed by atoms with Crippen molar-refractivity contribution in [3.05, 3.63) is 47.0 Å². The van der Waals surface area contributed by atoms with E-state index in [1.165, 1.54) is 5.57 Å². The quantitative estimate of drug-likeness (QED) is 0.795. The summed E-state index contributed by atoms with van der Waals surface area (Å²) in [4.78, 5) is 0. The molecule has 1 heterocycles. The van der Waals surface area contributed by atoms with Gasteiger partial charge in [-0.15, -0.1) is 0 Å². The van der Waals surface area contributed by atoms with Crippen LogP contribution < -0.4 is 0 Å². The second-order valence-electron chi connectivity index (χ2n) is 5.47. The first-order chi connectivity index (χ1) is 8.88. The highest BCUT2D eigenvalue weighted by Crippen LogP contribution is 2.22. The van der Waals surface area contributed by atoms with Crippen LogP contribution in [0, 0.1) is 12.8 Å². The Hall–Kier alpha value is -1.13. The first kappa shape index (κ1) is 14.3. The third-order valence-corrected chi connectivity index (χ3v) is 5.28. The van der Waals surface area contributed by atoms with Crippen molar-refractivity contribution in [1.82, 2.24) is 4.31 Å². The zero-order valence-corrected chi connectivity index (χ0v) is 12.6. The third kappa shape index (κ3) is 3.45. The second-order valence-corrected chi connectivity index (χ2v) is 7.44. The molecule has 0 N–H and O–H groups in total. The molecule has 0 unspecified atom stereocenters. The summed E-state index contributed by atoms with van der Waals surface area (Å²) in [6.07, 6.45) is 2.04. The molecule has 2 rings (SSSR count). The minimum absolute atomic E-state index is 0.0898. The third-order valence-electron chi connectivity index (χ3n) is 3.52. The summed E-state index contributed by atoms with van der Waals surface area (Å²) < 4.78 is 26.3. The van der Waals surface area contributed by atoms with Gasteiger partial charge in [0.05, 0.1) is 5.75 Å². The van der Waals surface area contributed by atoms with E-state index in [0.717, 1.165) is 11.1 Å². The minimum Gasteiger partial charge on any atom is -0.212 e. The Morgan fingerprint density at radius 1 is 1.21 bits per heavy atom. The monoisotopic (exact) mass is 279 g/mol. The van der Waals surface area contributed by atoms with E-state index < -0.39 is 10.0 Å². The number of nitrogens with zero attached hydrogens (tertiary/aromatic N) is 1. The molecule has 1 aliphatic rings. The lowest BCUT2D eigenvalue weighted by Crippen LogP contribution is -2.30. The van der Waals surface area contributed by atoms with Crippen LogP contribution in [0.4, 0.5) is 0 Å². The van der Waals surface area contributed by atoms with Gasteiger partial charge in [-0.05, 0) is 18.4 Å². The topological polar surface area (TPSA) is 37.4 Å². The summed E-state index contributed by atoms with van der Waals surface area (Å²) >= 11 is 0. The Kier molecular flexibility index (Phi) is 4.11. The van der Waals surface area contributed by atoms with Crippen molar-refractivity contribution in [2.24, 2.45) is 5.92 Å². The number of benzene rings is 1. The highest BCUT2D eigenvalue weighted by molar-refractivity contribution is 7.88. The first-order valence-corrected chi connectivity index (χ1v) is 8.21. The van der Waals surface area contributed by atoms with Crippen LogP contribution >= 0.6 is 0 Å². The maximum Gasteiger partial charge on any atom is 0.218 e. The first-order valence-electron chi connectivity index (χ1n) is 6.61. The Morgan fingerprint density at radius 3 is 2.37 bits per heavy atom. The van der Waals surface area contributed by atoms with E-state index >= 15 is 0 Å². The Bertz CT molecular complexity index is 571. The van der Waals surface area contributed by atoms with Crippen molar-refractivity contribution in [2.45, 2.75) is 26.5 Å². The highest BCUT2D eigenvalue weighted by Gasteiger charge is 2.27. The van der Waals surface area contributed by atoms with E-state index in [-0.39, 0.29) is 5.75 Å². The Balaban J connectivity index is 2.06. The average molecular weight is 279 g/mol. The van der Waals surface area contributed by atoms with E-state index in [4.69, 9.17) is 0 Å². The van der Waals surface area contributed by atoms with E-state index in [1.807, 2.05) is 37.3 Å². The number of hydrogen-bond donors (Lipinski definition) is 0. The van der Waals surface area contributed by atoms with E-state index in [9.17, 15) is 8.42 Å². The lowest BCUT2D eigenvalue weighted by molar-refractivity contribution is 0.477. The van der Waals surface area contributed by atoms with Crippen LogP contribution in [0.5, 0.6) is 0 Å². The summed E-state index contributed by atoms with van der Waals surface area (Å²) in [5, 5.41) is 0. The number of hydrogen-bond acceptors (Lipinski definition) is 2. The minimum atomic E-state index is -3.21. The van der Waals surface area contributed by atoms with E-state index in [2.05, 4.69) is 13.8 Å². The smallest absolute Gasteiger partial charge is 0.212 e. The largest absolute Gasteiger partial charge is 0.218 e. The maximum absolute atomic E-state index is 12.3. The molecule has 0 aliphatic carbocycles. The zero-order chi connectivity index (χ0) is 14.0. The molecule has 4 heteroatoms. The molecule has 0 spiro atoms. The summed E-state index contributed by atoms with van der Waals surface area (Å²) in [5.74, 6) is 0.506. The fraction of sp³-hybridized carbons (Fsp3) is 0.467. The molecule has 1 aliphatic heterocycles. The van der Waals surface area contributed by atoms with Gasteiger partial charge in [0.15, 0.2) is 0 Å². The molecule has 1 aromatic rings. The number of rotatable bonds is 4. The van der Waals surface area contributed by atoms with Crippen LogP contribution in [0.15, 0.2) is 35.9 Å². The molecule has 0 saturated heterocycles. The van der Waals surface area contributed by atoms with Crippen LogP contribution in [0.2, 0.25) is 0 Å². The maximum atomic E-state index is 12.3. The molecule has 0 bridgehead atoms. The predicted molar refractivity (Wildman–Crippen MR) is 78.3 cm³/mol. The molecular weight excluding hydrogens is 258 g/mol. The molecule has 1 aromatic carbocycles. The Labute approximate surface area is 116 Å². The molecule has 0 atom stereocenters. The van der Waals surface area contributed by atoms with Crippen molar-refractivity contribution in [2.75, 3.05) is 13.1 Å². The molecule has 0 saturated carbocycles. The number of aryl methyl sites for hydroxylation is 1.